The van der Waals surface area contributed by atoms with E-state index in [9.17, 15) is 19.2 Å². The van der Waals surface area contributed by atoms with Crippen LogP contribution in [0, 0.1) is 5.92 Å². The molecule has 0 unspecified atom stereocenters. The molecule has 3 fully saturated rings. The van der Waals surface area contributed by atoms with Crippen LogP contribution in [0.4, 0.5) is 0 Å². The summed E-state index contributed by atoms with van der Waals surface area (Å²) in [6.07, 6.45) is 8.88. The molecular formula is C33H42N4O4. The lowest BCUT2D eigenvalue weighted by molar-refractivity contribution is -0.159. The first-order chi connectivity index (χ1) is 20.0. The summed E-state index contributed by atoms with van der Waals surface area (Å²) in [6.45, 7) is 2.55. The minimum absolute atomic E-state index is 0.0204. The SMILES string of the molecule is O=C1NC[C@@H](CCCCN2C[C@H](Cc3ccccc3)N(Cc3ccccc3)C(=O)C2=O)N(CC2CCCCC2)C1=O. The first-order valence-corrected chi connectivity index (χ1v) is 15.3. The number of hydrogen-bond acceptors (Lipinski definition) is 4. The number of carbonyl (C=O) groups excluding carboxylic acids is 4. The van der Waals surface area contributed by atoms with E-state index in [1.54, 1.807) is 9.80 Å². The third-order valence-corrected chi connectivity index (χ3v) is 8.90. The Morgan fingerprint density at radius 2 is 1.39 bits per heavy atom. The first-order valence-electron chi connectivity index (χ1n) is 15.3. The molecular weight excluding hydrogens is 516 g/mol. The van der Waals surface area contributed by atoms with Gasteiger partial charge in [0.1, 0.15) is 0 Å². The van der Waals surface area contributed by atoms with E-state index in [-0.39, 0.29) is 12.1 Å². The summed E-state index contributed by atoms with van der Waals surface area (Å²) in [6, 6.07) is 19.8. The molecule has 2 heterocycles. The number of rotatable bonds is 11. The monoisotopic (exact) mass is 558 g/mol. The summed E-state index contributed by atoms with van der Waals surface area (Å²) in [5, 5.41) is 2.76. The summed E-state index contributed by atoms with van der Waals surface area (Å²) in [5.41, 5.74) is 2.15. The van der Waals surface area contributed by atoms with E-state index < -0.39 is 23.6 Å². The standard InChI is InChI=1S/C33H42N4O4/c38-30-31(39)36(22-26-14-6-2-7-15-26)28(21-34-30)18-10-11-19-35-24-29(20-25-12-4-1-5-13-25)37(33(41)32(35)40)23-27-16-8-3-9-17-27/h1,3-5,8-9,12-13,16-17,26,28-29H,2,6-7,10-11,14-15,18-24H2,(H,34,38)/t28-,29+/m1/s1. The van der Waals surface area contributed by atoms with Crippen LogP contribution in [0.1, 0.15) is 62.5 Å². The van der Waals surface area contributed by atoms with Gasteiger partial charge in [0, 0.05) is 38.8 Å². The van der Waals surface area contributed by atoms with Crippen LogP contribution >= 0.6 is 0 Å². The van der Waals surface area contributed by atoms with Gasteiger partial charge in [0.2, 0.25) is 0 Å². The summed E-state index contributed by atoms with van der Waals surface area (Å²) in [7, 11) is 0. The lowest BCUT2D eigenvalue weighted by atomic mass is 9.88. The molecule has 5 rings (SSSR count). The largest absolute Gasteiger partial charge is 0.346 e. The third-order valence-electron chi connectivity index (χ3n) is 8.90. The number of hydrogen-bond donors (Lipinski definition) is 1. The van der Waals surface area contributed by atoms with Crippen molar-refractivity contribution in [3.63, 3.8) is 0 Å². The molecule has 2 aliphatic heterocycles. The minimum Gasteiger partial charge on any atom is -0.346 e. The zero-order valence-corrected chi connectivity index (χ0v) is 23.9. The van der Waals surface area contributed by atoms with Crippen LogP contribution in [-0.4, -0.2) is 76.6 Å². The molecule has 2 aromatic carbocycles. The maximum atomic E-state index is 13.4. The van der Waals surface area contributed by atoms with Gasteiger partial charge in [-0.2, -0.15) is 0 Å². The average molecular weight is 559 g/mol. The zero-order chi connectivity index (χ0) is 28.6. The molecule has 218 valence electrons. The van der Waals surface area contributed by atoms with Crippen LogP contribution in [0.2, 0.25) is 0 Å². The van der Waals surface area contributed by atoms with Gasteiger partial charge < -0.3 is 20.0 Å². The number of nitrogens with one attached hydrogen (secondary N) is 1. The predicted molar refractivity (Wildman–Crippen MR) is 156 cm³/mol. The van der Waals surface area contributed by atoms with E-state index >= 15 is 0 Å². The highest BCUT2D eigenvalue weighted by Gasteiger charge is 2.39. The molecule has 1 aliphatic carbocycles. The van der Waals surface area contributed by atoms with Gasteiger partial charge in [0.25, 0.3) is 0 Å². The van der Waals surface area contributed by atoms with E-state index in [0.717, 1.165) is 43.2 Å². The van der Waals surface area contributed by atoms with Crippen LogP contribution in [-0.2, 0) is 32.1 Å². The zero-order valence-electron chi connectivity index (χ0n) is 23.9. The second-order valence-corrected chi connectivity index (χ2v) is 11.8. The fraction of sp³-hybridized carbons (Fsp3) is 0.515. The van der Waals surface area contributed by atoms with Crippen molar-refractivity contribution in [3.05, 3.63) is 71.8 Å². The van der Waals surface area contributed by atoms with Crippen LogP contribution < -0.4 is 5.32 Å². The van der Waals surface area contributed by atoms with Gasteiger partial charge in [0.15, 0.2) is 0 Å². The molecule has 2 saturated heterocycles. The van der Waals surface area contributed by atoms with Gasteiger partial charge in [0.05, 0.1) is 6.04 Å². The van der Waals surface area contributed by atoms with Crippen LogP contribution in [0.15, 0.2) is 60.7 Å². The first kappa shape index (κ1) is 28.8. The van der Waals surface area contributed by atoms with Gasteiger partial charge in [-0.25, -0.2) is 0 Å². The fourth-order valence-corrected chi connectivity index (χ4v) is 6.61. The second-order valence-electron chi connectivity index (χ2n) is 11.8. The maximum Gasteiger partial charge on any atom is 0.312 e. The van der Waals surface area contributed by atoms with Crippen molar-refractivity contribution < 1.29 is 19.2 Å². The van der Waals surface area contributed by atoms with E-state index in [1.165, 1.54) is 19.3 Å². The molecule has 3 aliphatic rings. The number of amides is 4. The Morgan fingerprint density at radius 1 is 0.707 bits per heavy atom. The lowest BCUT2D eigenvalue weighted by Gasteiger charge is -2.41. The maximum absolute atomic E-state index is 13.4. The third kappa shape index (κ3) is 7.34. The molecule has 1 saturated carbocycles. The van der Waals surface area contributed by atoms with Crippen LogP contribution in [0.25, 0.3) is 0 Å². The number of benzene rings is 2. The molecule has 41 heavy (non-hydrogen) atoms. The Morgan fingerprint density at radius 3 is 2.10 bits per heavy atom. The van der Waals surface area contributed by atoms with Gasteiger partial charge >= 0.3 is 23.6 Å². The lowest BCUT2D eigenvalue weighted by Crippen LogP contribution is -2.60. The van der Waals surface area contributed by atoms with E-state index in [4.69, 9.17) is 0 Å². The highest BCUT2D eigenvalue weighted by molar-refractivity contribution is 6.36. The minimum atomic E-state index is -0.501. The molecule has 2 atom stereocenters. The van der Waals surface area contributed by atoms with Gasteiger partial charge in [-0.3, -0.25) is 19.2 Å². The number of unbranched alkanes of at least 4 members (excludes halogenated alkanes) is 1. The second kappa shape index (κ2) is 13.8. The van der Waals surface area contributed by atoms with Crippen molar-refractivity contribution in [1.82, 2.24) is 20.0 Å². The molecule has 0 aromatic heterocycles. The normalized spacial score (nSPS) is 22.3. The smallest absolute Gasteiger partial charge is 0.312 e. The Labute approximate surface area is 243 Å². The Kier molecular flexibility index (Phi) is 9.70. The van der Waals surface area contributed by atoms with Crippen molar-refractivity contribution in [2.75, 3.05) is 26.2 Å². The van der Waals surface area contributed by atoms with Crippen molar-refractivity contribution >= 4 is 23.6 Å². The van der Waals surface area contributed by atoms with Crippen molar-refractivity contribution in [3.8, 4) is 0 Å². The summed E-state index contributed by atoms with van der Waals surface area (Å²) < 4.78 is 0. The molecule has 0 spiro atoms. The highest BCUT2D eigenvalue weighted by Crippen LogP contribution is 2.27. The van der Waals surface area contributed by atoms with Crippen molar-refractivity contribution in [2.24, 2.45) is 5.92 Å². The van der Waals surface area contributed by atoms with Crippen LogP contribution in [0.3, 0.4) is 0 Å². The molecule has 0 radical (unpaired) electrons. The number of nitrogens with zero attached hydrogens (tertiary/aromatic N) is 3. The Bertz CT molecular complexity index is 1200. The fourth-order valence-electron chi connectivity index (χ4n) is 6.61. The molecule has 8 nitrogen and oxygen atoms in total. The molecule has 4 amide bonds. The summed E-state index contributed by atoms with van der Waals surface area (Å²) >= 11 is 0. The van der Waals surface area contributed by atoms with Crippen LogP contribution in [0.5, 0.6) is 0 Å². The number of piperazine rings is 2. The summed E-state index contributed by atoms with van der Waals surface area (Å²) in [4.78, 5) is 56.7. The topological polar surface area (TPSA) is 90.0 Å². The van der Waals surface area contributed by atoms with E-state index in [2.05, 4.69) is 17.4 Å². The summed E-state index contributed by atoms with van der Waals surface area (Å²) in [5.74, 6) is -1.33. The van der Waals surface area contributed by atoms with E-state index in [0.29, 0.717) is 45.1 Å². The number of carbonyl (C=O) groups is 4. The van der Waals surface area contributed by atoms with Crippen molar-refractivity contribution in [1.29, 1.82) is 0 Å². The Balaban J connectivity index is 1.19. The van der Waals surface area contributed by atoms with Gasteiger partial charge in [-0.15, -0.1) is 0 Å². The van der Waals surface area contributed by atoms with E-state index in [1.807, 2.05) is 53.4 Å². The average Bonchev–Trinajstić information content (AvgIpc) is 3.00. The van der Waals surface area contributed by atoms with Gasteiger partial charge in [-0.1, -0.05) is 79.9 Å². The molecule has 8 heteroatoms. The predicted octanol–water partition coefficient (Wildman–Crippen LogP) is 3.55. The van der Waals surface area contributed by atoms with Gasteiger partial charge in [-0.05, 0) is 55.6 Å². The Hall–Kier alpha value is -3.68. The van der Waals surface area contributed by atoms with Crippen molar-refractivity contribution in [2.45, 2.75) is 76.4 Å². The molecule has 2 aromatic rings. The quantitative estimate of drug-likeness (QED) is 0.338. The molecule has 1 N–H and O–H groups in total. The molecule has 0 bridgehead atoms. The highest BCUT2D eigenvalue weighted by atomic mass is 16.2.